The predicted octanol–water partition coefficient (Wildman–Crippen LogP) is 4.91. The summed E-state index contributed by atoms with van der Waals surface area (Å²) in [6, 6.07) is 10.3. The van der Waals surface area contributed by atoms with E-state index in [0.29, 0.717) is 17.4 Å². The molecule has 1 atom stereocenters. The number of aromatic amines is 1. The number of carbonyl (C=O) groups is 2. The summed E-state index contributed by atoms with van der Waals surface area (Å²) in [7, 11) is 0. The number of nitrogens with one attached hydrogen (secondary N) is 2. The fourth-order valence-electron chi connectivity index (χ4n) is 4.38. The van der Waals surface area contributed by atoms with E-state index in [1.807, 2.05) is 23.2 Å². The Hall–Kier alpha value is -3.61. The molecule has 0 aliphatic carbocycles. The first kappa shape index (κ1) is 26.0. The molecule has 2 N–H and O–H groups in total. The Bertz CT molecular complexity index is 1410. The van der Waals surface area contributed by atoms with Crippen molar-refractivity contribution in [2.24, 2.45) is 0 Å². The van der Waals surface area contributed by atoms with Crippen LogP contribution in [-0.4, -0.2) is 70.4 Å². The second kappa shape index (κ2) is 11.8. The van der Waals surface area contributed by atoms with Crippen molar-refractivity contribution < 1.29 is 14.3 Å². The van der Waals surface area contributed by atoms with Gasteiger partial charge in [-0.25, -0.2) is 4.79 Å². The number of halogens is 1. The summed E-state index contributed by atoms with van der Waals surface area (Å²) >= 11 is -1.21. The van der Waals surface area contributed by atoms with Gasteiger partial charge in [0.1, 0.15) is 0 Å². The van der Waals surface area contributed by atoms with Crippen LogP contribution < -0.4 is 5.32 Å². The van der Waals surface area contributed by atoms with Crippen LogP contribution in [0.4, 0.5) is 10.7 Å². The minimum absolute atomic E-state index is 0.266. The first-order valence-corrected chi connectivity index (χ1v) is 17.1. The zero-order valence-electron chi connectivity index (χ0n) is 21.4. The average Bonchev–Trinajstić information content (AvgIpc) is 3.25. The molecule has 3 aromatic heterocycles. The number of aromatic nitrogens is 5. The number of alkyl halides is 3. The van der Waals surface area contributed by atoms with E-state index in [4.69, 9.17) is 9.72 Å². The van der Waals surface area contributed by atoms with Gasteiger partial charge in [0, 0.05) is 0 Å². The molecule has 0 spiro atoms. The van der Waals surface area contributed by atoms with Crippen molar-refractivity contribution in [3.63, 3.8) is 0 Å². The van der Waals surface area contributed by atoms with Crippen molar-refractivity contribution in [1.29, 1.82) is 0 Å². The van der Waals surface area contributed by atoms with Gasteiger partial charge in [0.05, 0.1) is 6.61 Å². The number of anilines is 1. The van der Waals surface area contributed by atoms with Gasteiger partial charge < -0.3 is 4.74 Å². The number of ether oxygens (including phenoxy) is 1. The fraction of sp³-hybridized carbons (Fsp3) is 0.333. The van der Waals surface area contributed by atoms with E-state index in [-0.39, 0.29) is 12.6 Å². The molecule has 2 amide bonds. The van der Waals surface area contributed by atoms with E-state index in [9.17, 15) is 9.59 Å². The summed E-state index contributed by atoms with van der Waals surface area (Å²) in [4.78, 5) is 46.6. The van der Waals surface area contributed by atoms with Gasteiger partial charge in [0.15, 0.2) is 0 Å². The third-order valence-corrected chi connectivity index (χ3v) is 12.5. The number of fused-ring (bicyclic) bond motifs is 1. The Labute approximate surface area is 228 Å². The second-order valence-electron chi connectivity index (χ2n) is 9.02. The molecule has 4 aromatic rings. The number of benzene rings is 1. The molecule has 5 rings (SSSR count). The van der Waals surface area contributed by atoms with Gasteiger partial charge in [-0.1, -0.05) is 0 Å². The average molecular weight is 627 g/mol. The molecule has 0 radical (unpaired) electrons. The third kappa shape index (κ3) is 5.93. The number of carbonyl (C=O) groups excluding carboxylic acids is 2. The molecule has 0 saturated carbocycles. The van der Waals surface area contributed by atoms with E-state index in [1.165, 1.54) is 4.43 Å². The number of amides is 2. The SMILES string of the molecule is CCOC(=O)Nc1nc2c(-c3ncccn3)cc(-c3ccc(CI4CCC(C)N(C=O)CC4)nc3)cc2[nH]1. The van der Waals surface area contributed by atoms with Crippen molar-refractivity contribution in [3.8, 4) is 22.5 Å². The minimum atomic E-state index is -1.21. The van der Waals surface area contributed by atoms with E-state index in [2.05, 4.69) is 44.3 Å². The maximum atomic E-state index is 11.9. The Kier molecular flexibility index (Phi) is 8.11. The first-order valence-electron chi connectivity index (χ1n) is 12.5. The van der Waals surface area contributed by atoms with E-state index < -0.39 is 25.9 Å². The van der Waals surface area contributed by atoms with Gasteiger partial charge in [0.2, 0.25) is 0 Å². The summed E-state index contributed by atoms with van der Waals surface area (Å²) in [6.07, 6.45) is 6.80. The molecule has 1 aliphatic heterocycles. The molecule has 10 nitrogen and oxygen atoms in total. The Morgan fingerprint density at radius 2 is 2.05 bits per heavy atom. The van der Waals surface area contributed by atoms with Crippen LogP contribution in [0.5, 0.6) is 0 Å². The van der Waals surface area contributed by atoms with Crippen molar-refractivity contribution in [2.75, 3.05) is 27.3 Å². The molecule has 38 heavy (non-hydrogen) atoms. The molecule has 4 heterocycles. The molecule has 1 aromatic carbocycles. The molecule has 1 saturated heterocycles. The predicted molar refractivity (Wildman–Crippen MR) is 155 cm³/mol. The van der Waals surface area contributed by atoms with Crippen LogP contribution in [-0.2, 0) is 14.0 Å². The van der Waals surface area contributed by atoms with Crippen molar-refractivity contribution in [2.45, 2.75) is 30.7 Å². The van der Waals surface area contributed by atoms with Crippen molar-refractivity contribution >= 4 is 49.3 Å². The summed E-state index contributed by atoms with van der Waals surface area (Å²) in [5, 5.41) is 2.63. The van der Waals surface area contributed by atoms with Crippen molar-refractivity contribution in [1.82, 2.24) is 29.8 Å². The number of nitrogens with zero attached hydrogens (tertiary/aromatic N) is 5. The summed E-state index contributed by atoms with van der Waals surface area (Å²) in [6.45, 7) is 5.02. The maximum absolute atomic E-state index is 11.9. The van der Waals surface area contributed by atoms with E-state index in [1.54, 1.807) is 25.4 Å². The van der Waals surface area contributed by atoms with Gasteiger partial charge >= 0.3 is 206 Å². The molecule has 11 heteroatoms. The standard InChI is InChI=1S/C27H30IN7O3/c1-3-38-27(37)34-26-32-23-14-20(13-22(24(23)33-26)25-29-10-4-11-30-25)19-5-6-21(31-16-19)15-28-8-7-18(2)35(17-36)12-9-28/h4-6,10-11,13-14,16-18H,3,7-9,12,15H2,1-2H3,(H2,32,33,34,37). The third-order valence-electron chi connectivity index (χ3n) is 6.48. The topological polar surface area (TPSA) is 126 Å². The number of H-pyrrole nitrogens is 1. The van der Waals surface area contributed by atoms with Crippen LogP contribution in [0.15, 0.2) is 48.9 Å². The Morgan fingerprint density at radius 1 is 1.21 bits per heavy atom. The van der Waals surface area contributed by atoms with Crippen LogP contribution in [0, 0.1) is 0 Å². The number of pyridine rings is 1. The van der Waals surface area contributed by atoms with Gasteiger partial charge in [-0.15, -0.1) is 0 Å². The molecule has 1 unspecified atom stereocenters. The summed E-state index contributed by atoms with van der Waals surface area (Å²) in [5.74, 6) is 0.828. The van der Waals surface area contributed by atoms with E-state index >= 15 is 0 Å². The van der Waals surface area contributed by atoms with Crippen LogP contribution in [0.3, 0.4) is 0 Å². The van der Waals surface area contributed by atoms with E-state index in [0.717, 1.165) is 56.1 Å². The van der Waals surface area contributed by atoms with Crippen LogP contribution in [0.1, 0.15) is 26.0 Å². The fourth-order valence-corrected chi connectivity index (χ4v) is 10.3. The van der Waals surface area contributed by atoms with Crippen LogP contribution in [0.25, 0.3) is 33.5 Å². The zero-order chi connectivity index (χ0) is 26.5. The number of rotatable bonds is 7. The van der Waals surface area contributed by atoms with Crippen molar-refractivity contribution in [3.05, 3.63) is 54.6 Å². The Balaban J connectivity index is 1.42. The van der Waals surface area contributed by atoms with Gasteiger partial charge in [0.25, 0.3) is 0 Å². The molecule has 198 valence electrons. The van der Waals surface area contributed by atoms with Crippen LogP contribution in [0.2, 0.25) is 0 Å². The normalized spacial score (nSPS) is 16.7. The van der Waals surface area contributed by atoms with Gasteiger partial charge in [-0.05, 0) is 6.92 Å². The van der Waals surface area contributed by atoms with Gasteiger partial charge in [-0.2, -0.15) is 0 Å². The molecule has 0 bridgehead atoms. The molecule has 1 aliphatic rings. The summed E-state index contributed by atoms with van der Waals surface area (Å²) in [5.41, 5.74) is 5.15. The summed E-state index contributed by atoms with van der Waals surface area (Å²) < 4.78 is 8.43. The monoisotopic (exact) mass is 627 g/mol. The molecule has 1 fully saturated rings. The number of hydrogen-bond acceptors (Lipinski definition) is 7. The van der Waals surface area contributed by atoms with Crippen LogP contribution >= 0.6 is 19.8 Å². The Morgan fingerprint density at radius 3 is 2.79 bits per heavy atom. The zero-order valence-corrected chi connectivity index (χ0v) is 23.5. The molecular formula is C27H30IN7O3. The first-order chi connectivity index (χ1) is 18.5. The molecular weight excluding hydrogens is 597 g/mol. The van der Waals surface area contributed by atoms with Gasteiger partial charge in [-0.3, -0.25) is 0 Å². The number of hydrogen-bond donors (Lipinski definition) is 2. The second-order valence-corrected chi connectivity index (χ2v) is 15.2. The number of imidazole rings is 1. The quantitative estimate of drug-likeness (QED) is 0.170.